The van der Waals surface area contributed by atoms with Crippen molar-refractivity contribution in [3.63, 3.8) is 0 Å². The van der Waals surface area contributed by atoms with E-state index in [1.807, 2.05) is 30.3 Å². The summed E-state index contributed by atoms with van der Waals surface area (Å²) in [6, 6.07) is 27.3. The summed E-state index contributed by atoms with van der Waals surface area (Å²) in [5.41, 5.74) is 7.25. The number of aromatic nitrogens is 2. The standard InChI is InChI=1S/C27H29N3/c1-3-5-19-30(4-2)20-21-15-17-23(18-16-21)27-26(22-11-7-6-8-12-22)28-24-13-9-10-14-25(24)29-27/h6-18H,3-5,19-20H2,1-2H3. The van der Waals surface area contributed by atoms with Crippen LogP contribution in [-0.4, -0.2) is 28.0 Å². The van der Waals surface area contributed by atoms with Gasteiger partial charge in [0.2, 0.25) is 0 Å². The molecule has 0 atom stereocenters. The Hall–Kier alpha value is -3.04. The summed E-state index contributed by atoms with van der Waals surface area (Å²) in [6.45, 7) is 7.71. The maximum Gasteiger partial charge on any atom is 0.0973 e. The molecule has 0 aliphatic heterocycles. The Morgan fingerprint density at radius 3 is 1.80 bits per heavy atom. The zero-order valence-corrected chi connectivity index (χ0v) is 17.9. The highest BCUT2D eigenvalue weighted by atomic mass is 15.1. The van der Waals surface area contributed by atoms with Crippen molar-refractivity contribution in [2.45, 2.75) is 33.2 Å². The molecule has 1 aromatic heterocycles. The molecular weight excluding hydrogens is 366 g/mol. The van der Waals surface area contributed by atoms with Crippen LogP contribution in [0.4, 0.5) is 0 Å². The fourth-order valence-corrected chi connectivity index (χ4v) is 3.76. The molecule has 3 nitrogen and oxygen atoms in total. The maximum atomic E-state index is 5.00. The van der Waals surface area contributed by atoms with E-state index in [0.717, 1.165) is 53.2 Å². The molecular formula is C27H29N3. The zero-order valence-electron chi connectivity index (χ0n) is 17.9. The van der Waals surface area contributed by atoms with E-state index in [-0.39, 0.29) is 0 Å². The van der Waals surface area contributed by atoms with Crippen LogP contribution >= 0.6 is 0 Å². The van der Waals surface area contributed by atoms with E-state index in [1.54, 1.807) is 0 Å². The van der Waals surface area contributed by atoms with Gasteiger partial charge in [-0.3, -0.25) is 4.90 Å². The molecule has 0 spiro atoms. The highest BCUT2D eigenvalue weighted by Crippen LogP contribution is 2.31. The topological polar surface area (TPSA) is 29.0 Å². The second kappa shape index (κ2) is 9.64. The highest BCUT2D eigenvalue weighted by molar-refractivity contribution is 5.86. The van der Waals surface area contributed by atoms with Gasteiger partial charge in [-0.25, -0.2) is 9.97 Å². The summed E-state index contributed by atoms with van der Waals surface area (Å²) >= 11 is 0. The molecule has 3 heteroatoms. The average molecular weight is 396 g/mol. The van der Waals surface area contributed by atoms with Gasteiger partial charge in [0.1, 0.15) is 0 Å². The Kier molecular flexibility index (Phi) is 6.50. The Bertz CT molecular complexity index is 1090. The number of unbranched alkanes of at least 4 members (excludes halogenated alkanes) is 1. The van der Waals surface area contributed by atoms with E-state index in [9.17, 15) is 0 Å². The summed E-state index contributed by atoms with van der Waals surface area (Å²) in [6.07, 6.45) is 2.48. The molecule has 4 aromatic rings. The summed E-state index contributed by atoms with van der Waals surface area (Å²) < 4.78 is 0. The molecule has 3 aromatic carbocycles. The zero-order chi connectivity index (χ0) is 20.8. The third-order valence-corrected chi connectivity index (χ3v) is 5.53. The SMILES string of the molecule is CCCCN(CC)Cc1ccc(-c2nc3ccccc3nc2-c2ccccc2)cc1. The van der Waals surface area contributed by atoms with Crippen molar-refractivity contribution in [3.8, 4) is 22.5 Å². The van der Waals surface area contributed by atoms with Gasteiger partial charge >= 0.3 is 0 Å². The monoisotopic (exact) mass is 395 g/mol. The van der Waals surface area contributed by atoms with Gasteiger partial charge in [0, 0.05) is 17.7 Å². The maximum absolute atomic E-state index is 5.00. The van der Waals surface area contributed by atoms with Gasteiger partial charge in [0.05, 0.1) is 22.4 Å². The second-order valence-electron chi connectivity index (χ2n) is 7.69. The van der Waals surface area contributed by atoms with Crippen LogP contribution in [0.5, 0.6) is 0 Å². The summed E-state index contributed by atoms with van der Waals surface area (Å²) in [4.78, 5) is 12.5. The minimum absolute atomic E-state index is 0.922. The van der Waals surface area contributed by atoms with Gasteiger partial charge in [-0.15, -0.1) is 0 Å². The molecule has 152 valence electrons. The van der Waals surface area contributed by atoms with E-state index in [1.165, 1.54) is 18.4 Å². The van der Waals surface area contributed by atoms with Gasteiger partial charge in [0.15, 0.2) is 0 Å². The van der Waals surface area contributed by atoms with Crippen LogP contribution in [0, 0.1) is 0 Å². The van der Waals surface area contributed by atoms with Crippen LogP contribution in [-0.2, 0) is 6.54 Å². The Morgan fingerprint density at radius 2 is 1.23 bits per heavy atom. The van der Waals surface area contributed by atoms with Crippen LogP contribution in [0.2, 0.25) is 0 Å². The quantitative estimate of drug-likeness (QED) is 0.337. The molecule has 0 unspecified atom stereocenters. The predicted octanol–water partition coefficient (Wildman–Crippen LogP) is 6.59. The van der Waals surface area contributed by atoms with Crippen LogP contribution in [0.1, 0.15) is 32.3 Å². The van der Waals surface area contributed by atoms with E-state index >= 15 is 0 Å². The molecule has 0 saturated heterocycles. The van der Waals surface area contributed by atoms with Crippen LogP contribution in [0.15, 0.2) is 78.9 Å². The molecule has 0 radical (unpaired) electrons. The first kappa shape index (κ1) is 20.2. The number of para-hydroxylation sites is 2. The van der Waals surface area contributed by atoms with Crippen molar-refractivity contribution >= 4 is 11.0 Å². The number of rotatable bonds is 8. The third-order valence-electron chi connectivity index (χ3n) is 5.53. The molecule has 0 fully saturated rings. The highest BCUT2D eigenvalue weighted by Gasteiger charge is 2.13. The largest absolute Gasteiger partial charge is 0.299 e. The van der Waals surface area contributed by atoms with Crippen LogP contribution < -0.4 is 0 Å². The van der Waals surface area contributed by atoms with Crippen molar-refractivity contribution in [2.24, 2.45) is 0 Å². The number of nitrogens with zero attached hydrogens (tertiary/aromatic N) is 3. The first-order valence-corrected chi connectivity index (χ1v) is 10.9. The molecule has 4 rings (SSSR count). The van der Waals surface area contributed by atoms with E-state index in [2.05, 4.69) is 67.3 Å². The van der Waals surface area contributed by atoms with E-state index in [4.69, 9.17) is 9.97 Å². The van der Waals surface area contributed by atoms with Crippen LogP contribution in [0.3, 0.4) is 0 Å². The molecule has 0 saturated carbocycles. The summed E-state index contributed by atoms with van der Waals surface area (Å²) in [5.74, 6) is 0. The lowest BCUT2D eigenvalue weighted by Gasteiger charge is -2.20. The number of hydrogen-bond acceptors (Lipinski definition) is 3. The van der Waals surface area contributed by atoms with Gasteiger partial charge in [-0.1, -0.05) is 87.0 Å². The molecule has 0 aliphatic carbocycles. The lowest BCUT2D eigenvalue weighted by Crippen LogP contribution is -2.23. The van der Waals surface area contributed by atoms with Crippen molar-refractivity contribution in [2.75, 3.05) is 13.1 Å². The number of hydrogen-bond donors (Lipinski definition) is 0. The van der Waals surface area contributed by atoms with Crippen molar-refractivity contribution in [3.05, 3.63) is 84.4 Å². The number of benzene rings is 3. The molecule has 0 N–H and O–H groups in total. The number of fused-ring (bicyclic) bond motifs is 1. The molecule has 30 heavy (non-hydrogen) atoms. The Morgan fingerprint density at radius 1 is 0.667 bits per heavy atom. The minimum atomic E-state index is 0.922. The van der Waals surface area contributed by atoms with E-state index < -0.39 is 0 Å². The molecule has 0 bridgehead atoms. The normalized spacial score (nSPS) is 11.3. The van der Waals surface area contributed by atoms with Crippen molar-refractivity contribution in [1.29, 1.82) is 0 Å². The first-order valence-electron chi connectivity index (χ1n) is 10.9. The second-order valence-corrected chi connectivity index (χ2v) is 7.69. The third kappa shape index (κ3) is 4.58. The van der Waals surface area contributed by atoms with E-state index in [0.29, 0.717) is 0 Å². The van der Waals surface area contributed by atoms with Crippen molar-refractivity contribution < 1.29 is 0 Å². The molecule has 0 aliphatic rings. The van der Waals surface area contributed by atoms with Gasteiger partial charge in [-0.05, 0) is 37.2 Å². The average Bonchev–Trinajstić information content (AvgIpc) is 2.82. The lowest BCUT2D eigenvalue weighted by molar-refractivity contribution is 0.275. The van der Waals surface area contributed by atoms with Gasteiger partial charge < -0.3 is 0 Å². The van der Waals surface area contributed by atoms with Crippen LogP contribution in [0.25, 0.3) is 33.5 Å². The Balaban J connectivity index is 1.70. The van der Waals surface area contributed by atoms with Gasteiger partial charge in [-0.2, -0.15) is 0 Å². The predicted molar refractivity (Wildman–Crippen MR) is 126 cm³/mol. The summed E-state index contributed by atoms with van der Waals surface area (Å²) in [7, 11) is 0. The molecule has 1 heterocycles. The fraction of sp³-hybridized carbons (Fsp3) is 0.259. The fourth-order valence-electron chi connectivity index (χ4n) is 3.76. The van der Waals surface area contributed by atoms with Crippen molar-refractivity contribution in [1.82, 2.24) is 14.9 Å². The van der Waals surface area contributed by atoms with Gasteiger partial charge in [0.25, 0.3) is 0 Å². The minimum Gasteiger partial charge on any atom is -0.299 e. The smallest absolute Gasteiger partial charge is 0.0973 e. The first-order chi connectivity index (χ1) is 14.8. The molecule has 0 amide bonds. The lowest BCUT2D eigenvalue weighted by atomic mass is 10.0. The summed E-state index contributed by atoms with van der Waals surface area (Å²) in [5, 5.41) is 0. The Labute approximate surface area is 179 Å².